The maximum atomic E-state index is 13.5. The summed E-state index contributed by atoms with van der Waals surface area (Å²) in [6.45, 7) is 3.14. The first-order valence-corrected chi connectivity index (χ1v) is 7.83. The maximum Gasteiger partial charge on any atom is 0.200 e. The molecule has 1 aromatic heterocycles. The Morgan fingerprint density at radius 3 is 2.90 bits per heavy atom. The van der Waals surface area contributed by atoms with Crippen LogP contribution in [0.3, 0.4) is 0 Å². The van der Waals surface area contributed by atoms with Crippen molar-refractivity contribution in [2.75, 3.05) is 0 Å². The van der Waals surface area contributed by atoms with E-state index in [1.54, 1.807) is 11.3 Å². The molecule has 1 aliphatic rings. The molecule has 112 valence electrons. The van der Waals surface area contributed by atoms with Gasteiger partial charge in [0.2, 0.25) is 5.82 Å². The van der Waals surface area contributed by atoms with Gasteiger partial charge in [-0.15, -0.1) is 11.3 Å². The SMILES string of the molecule is Cc1sc(CNC2CC2)cc1COc1cccc(F)c1F. The van der Waals surface area contributed by atoms with Gasteiger partial charge in [0.05, 0.1) is 0 Å². The summed E-state index contributed by atoms with van der Waals surface area (Å²) in [5, 5.41) is 3.46. The van der Waals surface area contributed by atoms with E-state index in [4.69, 9.17) is 4.74 Å². The predicted molar refractivity (Wildman–Crippen MR) is 79.6 cm³/mol. The maximum absolute atomic E-state index is 13.5. The molecule has 0 aliphatic heterocycles. The third kappa shape index (κ3) is 3.60. The van der Waals surface area contributed by atoms with Crippen LogP contribution in [0.2, 0.25) is 0 Å². The lowest BCUT2D eigenvalue weighted by molar-refractivity contribution is 0.284. The zero-order valence-electron chi connectivity index (χ0n) is 11.8. The Morgan fingerprint density at radius 1 is 1.33 bits per heavy atom. The van der Waals surface area contributed by atoms with Crippen molar-refractivity contribution in [3.05, 3.63) is 51.2 Å². The highest BCUT2D eigenvalue weighted by atomic mass is 32.1. The fraction of sp³-hybridized carbons (Fsp3) is 0.375. The molecule has 1 fully saturated rings. The van der Waals surface area contributed by atoms with Gasteiger partial charge in [0.25, 0.3) is 0 Å². The molecule has 0 atom stereocenters. The Labute approximate surface area is 126 Å². The summed E-state index contributed by atoms with van der Waals surface area (Å²) in [5.41, 5.74) is 1.02. The summed E-state index contributed by atoms with van der Waals surface area (Å²) >= 11 is 1.72. The Hall–Kier alpha value is -1.46. The largest absolute Gasteiger partial charge is 0.486 e. The van der Waals surface area contributed by atoms with Crippen molar-refractivity contribution in [2.45, 2.75) is 39.0 Å². The topological polar surface area (TPSA) is 21.3 Å². The minimum absolute atomic E-state index is 0.0433. The molecule has 0 unspecified atom stereocenters. The average Bonchev–Trinajstić information content (AvgIpc) is 3.22. The van der Waals surface area contributed by atoms with Crippen LogP contribution in [-0.2, 0) is 13.2 Å². The molecule has 0 saturated heterocycles. The first-order chi connectivity index (χ1) is 10.1. The molecule has 2 nitrogen and oxygen atoms in total. The molecule has 0 spiro atoms. The quantitative estimate of drug-likeness (QED) is 0.865. The highest BCUT2D eigenvalue weighted by Gasteiger charge is 2.20. The number of thiophene rings is 1. The van der Waals surface area contributed by atoms with Crippen LogP contribution in [-0.4, -0.2) is 6.04 Å². The monoisotopic (exact) mass is 309 g/mol. The van der Waals surface area contributed by atoms with Crippen LogP contribution in [0.15, 0.2) is 24.3 Å². The summed E-state index contributed by atoms with van der Waals surface area (Å²) in [4.78, 5) is 2.40. The first-order valence-electron chi connectivity index (χ1n) is 7.02. The molecule has 2 aromatic rings. The minimum atomic E-state index is -0.930. The predicted octanol–water partition coefficient (Wildman–Crippen LogP) is 4.17. The standard InChI is InChI=1S/C16H17F2NOS/c1-10-11(7-13(21-10)8-19-12-5-6-12)9-20-15-4-2-3-14(17)16(15)18/h2-4,7,12,19H,5-6,8-9H2,1H3. The molecule has 0 radical (unpaired) electrons. The molecule has 1 heterocycles. The van der Waals surface area contributed by atoms with Crippen molar-refractivity contribution < 1.29 is 13.5 Å². The molecular weight excluding hydrogens is 292 g/mol. The van der Waals surface area contributed by atoms with Gasteiger partial charge >= 0.3 is 0 Å². The number of hydrogen-bond donors (Lipinski definition) is 1. The first kappa shape index (κ1) is 14.5. The van der Waals surface area contributed by atoms with E-state index in [0.29, 0.717) is 6.04 Å². The van der Waals surface area contributed by atoms with Gasteiger partial charge in [-0.05, 0) is 38.0 Å². The van der Waals surface area contributed by atoms with Crippen LogP contribution >= 0.6 is 11.3 Å². The second kappa shape index (κ2) is 6.12. The number of ether oxygens (including phenoxy) is 1. The summed E-state index contributed by atoms with van der Waals surface area (Å²) in [5.74, 6) is -1.86. The van der Waals surface area contributed by atoms with Crippen molar-refractivity contribution in [3.8, 4) is 5.75 Å². The van der Waals surface area contributed by atoms with Crippen molar-refractivity contribution >= 4 is 11.3 Å². The highest BCUT2D eigenvalue weighted by Crippen LogP contribution is 2.26. The van der Waals surface area contributed by atoms with Crippen LogP contribution in [0.25, 0.3) is 0 Å². The van der Waals surface area contributed by atoms with E-state index in [1.807, 2.05) is 6.92 Å². The molecule has 1 N–H and O–H groups in total. The summed E-state index contributed by atoms with van der Waals surface area (Å²) in [7, 11) is 0. The van der Waals surface area contributed by atoms with Crippen molar-refractivity contribution in [3.63, 3.8) is 0 Å². The Bertz CT molecular complexity index is 637. The van der Waals surface area contributed by atoms with Crippen LogP contribution < -0.4 is 10.1 Å². The minimum Gasteiger partial charge on any atom is -0.486 e. The van der Waals surface area contributed by atoms with E-state index in [1.165, 1.54) is 29.9 Å². The zero-order valence-corrected chi connectivity index (χ0v) is 12.6. The van der Waals surface area contributed by atoms with E-state index >= 15 is 0 Å². The second-order valence-corrected chi connectivity index (χ2v) is 6.63. The number of hydrogen-bond acceptors (Lipinski definition) is 3. The van der Waals surface area contributed by atoms with E-state index in [-0.39, 0.29) is 12.4 Å². The molecule has 1 aromatic carbocycles. The van der Waals surface area contributed by atoms with E-state index in [9.17, 15) is 8.78 Å². The molecule has 3 rings (SSSR count). The third-order valence-electron chi connectivity index (χ3n) is 3.51. The highest BCUT2D eigenvalue weighted by molar-refractivity contribution is 7.12. The third-order valence-corrected chi connectivity index (χ3v) is 4.61. The van der Waals surface area contributed by atoms with E-state index < -0.39 is 11.6 Å². The molecule has 0 bridgehead atoms. The van der Waals surface area contributed by atoms with Crippen LogP contribution in [0.4, 0.5) is 8.78 Å². The number of rotatable bonds is 6. The fourth-order valence-electron chi connectivity index (χ4n) is 2.10. The summed E-state index contributed by atoms with van der Waals surface area (Å²) in [6.07, 6.45) is 2.53. The van der Waals surface area contributed by atoms with Gasteiger partial charge in [-0.2, -0.15) is 4.39 Å². The smallest absolute Gasteiger partial charge is 0.200 e. The van der Waals surface area contributed by atoms with E-state index in [2.05, 4.69) is 11.4 Å². The van der Waals surface area contributed by atoms with Gasteiger partial charge in [0.1, 0.15) is 6.61 Å². The summed E-state index contributed by atoms with van der Waals surface area (Å²) < 4.78 is 32.0. The van der Waals surface area contributed by atoms with Gasteiger partial charge in [-0.1, -0.05) is 6.07 Å². The van der Waals surface area contributed by atoms with Crippen LogP contribution in [0.1, 0.15) is 28.2 Å². The van der Waals surface area contributed by atoms with Gasteiger partial charge in [0, 0.05) is 27.9 Å². The van der Waals surface area contributed by atoms with Crippen molar-refractivity contribution in [1.82, 2.24) is 5.32 Å². The van der Waals surface area contributed by atoms with Gasteiger partial charge < -0.3 is 10.1 Å². The second-order valence-electron chi connectivity index (χ2n) is 5.29. The number of halogens is 2. The van der Waals surface area contributed by atoms with Crippen LogP contribution in [0, 0.1) is 18.6 Å². The molecule has 1 aliphatic carbocycles. The number of aryl methyl sites for hydroxylation is 1. The number of nitrogens with one attached hydrogen (secondary N) is 1. The average molecular weight is 309 g/mol. The Kier molecular flexibility index (Phi) is 4.22. The molecule has 0 amide bonds. The normalized spacial score (nSPS) is 14.4. The molecular formula is C16H17F2NOS. The lowest BCUT2D eigenvalue weighted by Gasteiger charge is -2.07. The van der Waals surface area contributed by atoms with E-state index in [0.717, 1.165) is 23.1 Å². The van der Waals surface area contributed by atoms with Crippen LogP contribution in [0.5, 0.6) is 5.75 Å². The van der Waals surface area contributed by atoms with Gasteiger partial charge in [0.15, 0.2) is 11.6 Å². The zero-order chi connectivity index (χ0) is 14.8. The van der Waals surface area contributed by atoms with Crippen molar-refractivity contribution in [2.24, 2.45) is 0 Å². The Balaban J connectivity index is 1.62. The molecule has 5 heteroatoms. The van der Waals surface area contributed by atoms with Gasteiger partial charge in [-0.25, -0.2) is 4.39 Å². The lowest BCUT2D eigenvalue weighted by Crippen LogP contribution is -2.14. The summed E-state index contributed by atoms with van der Waals surface area (Å²) in [6, 6.07) is 6.72. The van der Waals surface area contributed by atoms with Crippen molar-refractivity contribution in [1.29, 1.82) is 0 Å². The lowest BCUT2D eigenvalue weighted by atomic mass is 10.2. The Morgan fingerprint density at radius 2 is 2.14 bits per heavy atom. The van der Waals surface area contributed by atoms with Gasteiger partial charge in [-0.3, -0.25) is 0 Å². The number of benzene rings is 1. The molecule has 1 saturated carbocycles. The molecule has 21 heavy (non-hydrogen) atoms. The fourth-order valence-corrected chi connectivity index (χ4v) is 3.10.